The zero-order chi connectivity index (χ0) is 24.3. The molecule has 0 saturated carbocycles. The first-order valence-corrected chi connectivity index (χ1v) is 12.8. The van der Waals surface area contributed by atoms with Gasteiger partial charge in [-0.1, -0.05) is 101 Å². The molecular weight excluding hydrogens is 502 g/mol. The Morgan fingerprint density at radius 2 is 1.11 bits per heavy atom. The van der Waals surface area contributed by atoms with Gasteiger partial charge in [-0.15, -0.1) is 0 Å². The largest absolute Gasteiger partial charge is 0.192 e. The van der Waals surface area contributed by atoms with Crippen molar-refractivity contribution in [2.24, 2.45) is 0 Å². The molecule has 36 heavy (non-hydrogen) atoms. The van der Waals surface area contributed by atoms with E-state index in [-0.39, 0.29) is 0 Å². The Morgan fingerprint density at radius 3 is 1.69 bits per heavy atom. The second-order valence-electron chi connectivity index (χ2n) is 9.41. The van der Waals surface area contributed by atoms with Gasteiger partial charge in [0.25, 0.3) is 0 Å². The molecule has 0 aliphatic heterocycles. The summed E-state index contributed by atoms with van der Waals surface area (Å²) in [5, 5.41) is 14.4. The number of nitrogens with zero attached hydrogens (tertiary/aromatic N) is 1. The molecule has 1 aliphatic carbocycles. The first kappa shape index (κ1) is 21.1. The molecule has 2 heteroatoms. The third kappa shape index (κ3) is 2.87. The average molecular weight is 522 g/mol. The highest BCUT2D eigenvalue weighted by Gasteiger charge is 2.45. The van der Waals surface area contributed by atoms with Crippen LogP contribution in [0.5, 0.6) is 0 Å². The van der Waals surface area contributed by atoms with Crippen molar-refractivity contribution in [2.75, 3.05) is 0 Å². The van der Waals surface area contributed by atoms with Crippen LogP contribution in [0.4, 0.5) is 0 Å². The Balaban J connectivity index is 1.67. The maximum absolute atomic E-state index is 9.29. The van der Waals surface area contributed by atoms with Gasteiger partial charge in [0, 0.05) is 4.47 Å². The number of hydrogen-bond donors (Lipinski definition) is 0. The molecule has 6 aromatic carbocycles. The molecule has 0 amide bonds. The summed E-state index contributed by atoms with van der Waals surface area (Å²) in [6, 6.07) is 45.6. The maximum atomic E-state index is 9.29. The molecule has 0 saturated heterocycles. The highest BCUT2D eigenvalue weighted by Crippen LogP contribution is 2.57. The van der Waals surface area contributed by atoms with Gasteiger partial charge in [-0.05, 0) is 91.3 Å². The minimum Gasteiger partial charge on any atom is -0.192 e. The lowest BCUT2D eigenvalue weighted by atomic mass is 9.67. The molecule has 1 nitrogen and oxygen atoms in total. The van der Waals surface area contributed by atoms with Crippen LogP contribution in [0.1, 0.15) is 27.8 Å². The predicted molar refractivity (Wildman–Crippen MR) is 151 cm³/mol. The summed E-state index contributed by atoms with van der Waals surface area (Å²) in [4.78, 5) is 0. The van der Waals surface area contributed by atoms with Crippen LogP contribution in [0.3, 0.4) is 0 Å². The van der Waals surface area contributed by atoms with E-state index in [9.17, 15) is 5.26 Å². The Morgan fingerprint density at radius 1 is 0.556 bits per heavy atom. The van der Waals surface area contributed by atoms with Crippen molar-refractivity contribution in [3.8, 4) is 17.2 Å². The van der Waals surface area contributed by atoms with Crippen LogP contribution in [-0.4, -0.2) is 0 Å². The van der Waals surface area contributed by atoms with E-state index in [1.54, 1.807) is 0 Å². The van der Waals surface area contributed by atoms with Gasteiger partial charge in [0.15, 0.2) is 0 Å². The first-order chi connectivity index (χ1) is 17.7. The van der Waals surface area contributed by atoms with Crippen molar-refractivity contribution in [1.29, 1.82) is 5.26 Å². The number of nitriles is 1. The summed E-state index contributed by atoms with van der Waals surface area (Å²) in [5.74, 6) is 0. The van der Waals surface area contributed by atoms with Crippen LogP contribution in [0, 0.1) is 11.3 Å². The topological polar surface area (TPSA) is 23.8 Å². The number of hydrogen-bond acceptors (Lipinski definition) is 1. The Kier molecular flexibility index (Phi) is 4.64. The average Bonchev–Trinajstić information content (AvgIpc) is 3.23. The number of rotatable bonds is 3. The van der Waals surface area contributed by atoms with Crippen molar-refractivity contribution in [1.82, 2.24) is 0 Å². The van der Waals surface area contributed by atoms with E-state index in [0.717, 1.165) is 15.6 Å². The van der Waals surface area contributed by atoms with Gasteiger partial charge in [0.1, 0.15) is 0 Å². The summed E-state index contributed by atoms with van der Waals surface area (Å²) in [5.41, 5.74) is 7.61. The molecule has 1 aliphatic rings. The van der Waals surface area contributed by atoms with Crippen molar-refractivity contribution in [3.05, 3.63) is 154 Å². The van der Waals surface area contributed by atoms with Crippen LogP contribution in [0.25, 0.3) is 32.7 Å². The van der Waals surface area contributed by atoms with E-state index >= 15 is 0 Å². The fraction of sp³-hybridized carbons (Fsp3) is 0.0294. The molecule has 0 N–H and O–H groups in total. The second-order valence-corrected chi connectivity index (χ2v) is 10.3. The minimum atomic E-state index is -0.449. The summed E-state index contributed by atoms with van der Waals surface area (Å²) in [6.07, 6.45) is 0. The van der Waals surface area contributed by atoms with Crippen LogP contribution in [0.2, 0.25) is 0 Å². The highest BCUT2D eigenvalue weighted by molar-refractivity contribution is 9.10. The second kappa shape index (κ2) is 7.92. The van der Waals surface area contributed by atoms with Gasteiger partial charge in [-0.2, -0.15) is 5.26 Å². The Hall–Kier alpha value is -4.19. The Labute approximate surface area is 218 Å². The highest BCUT2D eigenvalue weighted by atomic mass is 79.9. The molecule has 0 bridgehead atoms. The fourth-order valence-electron chi connectivity index (χ4n) is 6.10. The summed E-state index contributed by atoms with van der Waals surface area (Å²) in [6.45, 7) is 0. The minimum absolute atomic E-state index is 0.449. The van der Waals surface area contributed by atoms with E-state index in [0.29, 0.717) is 5.56 Å². The molecule has 0 unspecified atom stereocenters. The quantitative estimate of drug-likeness (QED) is 0.213. The molecule has 6 aromatic rings. The van der Waals surface area contributed by atoms with E-state index in [2.05, 4.69) is 131 Å². The van der Waals surface area contributed by atoms with Crippen molar-refractivity contribution in [2.45, 2.75) is 5.41 Å². The molecule has 0 radical (unpaired) electrons. The molecule has 168 valence electrons. The van der Waals surface area contributed by atoms with Crippen molar-refractivity contribution >= 4 is 37.5 Å². The van der Waals surface area contributed by atoms with Gasteiger partial charge < -0.3 is 0 Å². The van der Waals surface area contributed by atoms with Crippen LogP contribution in [0.15, 0.2) is 126 Å². The summed E-state index contributed by atoms with van der Waals surface area (Å²) < 4.78 is 1.08. The van der Waals surface area contributed by atoms with E-state index in [1.807, 2.05) is 12.1 Å². The predicted octanol–water partition coefficient (Wildman–Crippen LogP) is 8.99. The van der Waals surface area contributed by atoms with Crippen LogP contribution < -0.4 is 0 Å². The third-order valence-corrected chi connectivity index (χ3v) is 8.02. The van der Waals surface area contributed by atoms with Gasteiger partial charge in [0.2, 0.25) is 0 Å². The third-order valence-electron chi connectivity index (χ3n) is 7.56. The zero-order valence-corrected chi connectivity index (χ0v) is 21.0. The van der Waals surface area contributed by atoms with Crippen molar-refractivity contribution < 1.29 is 0 Å². The van der Waals surface area contributed by atoms with E-state index < -0.39 is 5.41 Å². The SMILES string of the molecule is N#Cc1ccc(-c2cc3c4c(ccc5cc(Br)cc(c54)C3(c3ccccc3)c3ccccc3)c2)cc1. The first-order valence-electron chi connectivity index (χ1n) is 12.0. The lowest BCUT2D eigenvalue weighted by Gasteiger charge is -2.34. The molecule has 0 aromatic heterocycles. The summed E-state index contributed by atoms with van der Waals surface area (Å²) >= 11 is 3.82. The van der Waals surface area contributed by atoms with Gasteiger partial charge in [-0.25, -0.2) is 0 Å². The van der Waals surface area contributed by atoms with Gasteiger partial charge in [0.05, 0.1) is 17.0 Å². The molecule has 0 fully saturated rings. The van der Waals surface area contributed by atoms with Crippen LogP contribution >= 0.6 is 15.9 Å². The van der Waals surface area contributed by atoms with Crippen molar-refractivity contribution in [3.63, 3.8) is 0 Å². The van der Waals surface area contributed by atoms with Gasteiger partial charge >= 0.3 is 0 Å². The fourth-order valence-corrected chi connectivity index (χ4v) is 6.57. The number of halogens is 1. The van der Waals surface area contributed by atoms with E-state index in [4.69, 9.17) is 0 Å². The van der Waals surface area contributed by atoms with E-state index in [1.165, 1.54) is 43.8 Å². The molecule has 0 atom stereocenters. The lowest BCUT2D eigenvalue weighted by molar-refractivity contribution is 0.771. The lowest BCUT2D eigenvalue weighted by Crippen LogP contribution is -2.28. The molecular formula is C34H20BrN. The normalized spacial score (nSPS) is 13.3. The Bertz CT molecular complexity index is 1790. The van der Waals surface area contributed by atoms with Crippen LogP contribution in [-0.2, 0) is 5.41 Å². The maximum Gasteiger partial charge on any atom is 0.0991 e. The molecule has 7 rings (SSSR count). The summed E-state index contributed by atoms with van der Waals surface area (Å²) in [7, 11) is 0. The number of benzene rings is 6. The molecule has 0 spiro atoms. The standard InChI is InChI=1S/C34H20BrN/c35-29-18-25-16-15-24-17-26(23-13-11-22(21-36)12-14-23)19-30-32(24)33(25)31(20-29)34(30,27-7-3-1-4-8-27)28-9-5-2-6-10-28/h1-20H. The zero-order valence-electron chi connectivity index (χ0n) is 19.4. The monoisotopic (exact) mass is 521 g/mol. The smallest absolute Gasteiger partial charge is 0.0991 e. The molecule has 0 heterocycles. The van der Waals surface area contributed by atoms with Gasteiger partial charge in [-0.3, -0.25) is 0 Å².